The van der Waals surface area contributed by atoms with Crippen LogP contribution < -0.4 is 10.1 Å². The molecule has 0 spiro atoms. The number of nitrogens with one attached hydrogen (secondary N) is 1. The Morgan fingerprint density at radius 3 is 2.62 bits per heavy atom. The maximum Gasteiger partial charge on any atom is 0.132 e. The summed E-state index contributed by atoms with van der Waals surface area (Å²) < 4.78 is 5.42. The van der Waals surface area contributed by atoms with Gasteiger partial charge in [0.15, 0.2) is 0 Å². The van der Waals surface area contributed by atoms with E-state index < -0.39 is 0 Å². The van der Waals surface area contributed by atoms with Crippen molar-refractivity contribution in [1.29, 1.82) is 0 Å². The Kier molecular flexibility index (Phi) is 5.71. The van der Waals surface area contributed by atoms with Crippen molar-refractivity contribution in [3.05, 3.63) is 59.2 Å². The molecule has 0 aliphatic rings. The second-order valence-electron chi connectivity index (χ2n) is 5.16. The van der Waals surface area contributed by atoms with E-state index >= 15 is 0 Å². The highest BCUT2D eigenvalue weighted by Crippen LogP contribution is 2.32. The van der Waals surface area contributed by atoms with Crippen molar-refractivity contribution < 1.29 is 4.74 Å². The van der Waals surface area contributed by atoms with Crippen LogP contribution in [0.1, 0.15) is 22.7 Å². The van der Waals surface area contributed by atoms with E-state index in [4.69, 9.17) is 4.74 Å². The molecular formula is C18H23NOS. The SMILES string of the molecule is CNC(CSc1ccccc1OC)c1cc(C)ccc1C. The molecule has 0 saturated carbocycles. The molecule has 2 nitrogen and oxygen atoms in total. The van der Waals surface area contributed by atoms with Crippen LogP contribution in [0, 0.1) is 13.8 Å². The quantitative estimate of drug-likeness (QED) is 0.801. The van der Waals surface area contributed by atoms with Crippen molar-refractivity contribution >= 4 is 11.8 Å². The first-order valence-electron chi connectivity index (χ1n) is 7.16. The fourth-order valence-corrected chi connectivity index (χ4v) is 3.54. The first kappa shape index (κ1) is 15.9. The third-order valence-corrected chi connectivity index (χ3v) is 4.78. The summed E-state index contributed by atoms with van der Waals surface area (Å²) in [5.74, 6) is 1.92. The minimum atomic E-state index is 0.333. The van der Waals surface area contributed by atoms with Crippen LogP contribution in [0.3, 0.4) is 0 Å². The van der Waals surface area contributed by atoms with Gasteiger partial charge in [-0.15, -0.1) is 11.8 Å². The lowest BCUT2D eigenvalue weighted by atomic mass is 10.0. The van der Waals surface area contributed by atoms with Crippen LogP contribution in [0.4, 0.5) is 0 Å². The Hall–Kier alpha value is -1.45. The molecule has 1 atom stereocenters. The molecule has 0 amide bonds. The molecule has 112 valence electrons. The van der Waals surface area contributed by atoms with E-state index in [1.54, 1.807) is 7.11 Å². The molecule has 2 aromatic rings. The summed E-state index contributed by atoms with van der Waals surface area (Å²) in [5, 5.41) is 3.43. The van der Waals surface area contributed by atoms with Gasteiger partial charge >= 0.3 is 0 Å². The Balaban J connectivity index is 2.14. The lowest BCUT2D eigenvalue weighted by molar-refractivity contribution is 0.405. The zero-order chi connectivity index (χ0) is 15.2. The molecule has 0 saturated heterocycles. The van der Waals surface area contributed by atoms with Crippen LogP contribution in [0.2, 0.25) is 0 Å². The summed E-state index contributed by atoms with van der Waals surface area (Å²) in [4.78, 5) is 1.19. The molecule has 21 heavy (non-hydrogen) atoms. The maximum absolute atomic E-state index is 5.42. The van der Waals surface area contributed by atoms with Gasteiger partial charge in [0, 0.05) is 16.7 Å². The molecule has 1 N–H and O–H groups in total. The van der Waals surface area contributed by atoms with Gasteiger partial charge < -0.3 is 10.1 Å². The summed E-state index contributed by atoms with van der Waals surface area (Å²) in [6.07, 6.45) is 0. The Labute approximate surface area is 131 Å². The van der Waals surface area contributed by atoms with Crippen LogP contribution >= 0.6 is 11.8 Å². The maximum atomic E-state index is 5.42. The first-order valence-corrected chi connectivity index (χ1v) is 8.14. The Morgan fingerprint density at radius 2 is 1.90 bits per heavy atom. The molecule has 0 aromatic heterocycles. The number of aryl methyl sites for hydroxylation is 2. The van der Waals surface area contributed by atoms with Gasteiger partial charge in [-0.25, -0.2) is 0 Å². The zero-order valence-corrected chi connectivity index (χ0v) is 14.0. The number of ether oxygens (including phenoxy) is 1. The van der Waals surface area contributed by atoms with Crippen LogP contribution in [-0.4, -0.2) is 19.9 Å². The highest BCUT2D eigenvalue weighted by atomic mass is 32.2. The van der Waals surface area contributed by atoms with Crippen molar-refractivity contribution in [3.8, 4) is 5.75 Å². The summed E-state index contributed by atoms with van der Waals surface area (Å²) in [7, 11) is 3.74. The van der Waals surface area contributed by atoms with E-state index in [0.717, 1.165) is 11.5 Å². The number of rotatable bonds is 6. The minimum Gasteiger partial charge on any atom is -0.496 e. The lowest BCUT2D eigenvalue weighted by Gasteiger charge is -2.19. The van der Waals surface area contributed by atoms with Crippen molar-refractivity contribution in [1.82, 2.24) is 5.32 Å². The molecule has 0 aliphatic carbocycles. The average Bonchev–Trinajstić information content (AvgIpc) is 2.51. The second kappa shape index (κ2) is 7.53. The van der Waals surface area contributed by atoms with Crippen molar-refractivity contribution in [2.75, 3.05) is 19.9 Å². The van der Waals surface area contributed by atoms with Crippen LogP contribution in [0.15, 0.2) is 47.4 Å². The molecule has 0 aliphatic heterocycles. The van der Waals surface area contributed by atoms with Gasteiger partial charge in [-0.1, -0.05) is 35.9 Å². The van der Waals surface area contributed by atoms with Gasteiger partial charge in [0.1, 0.15) is 5.75 Å². The molecule has 3 heteroatoms. The largest absolute Gasteiger partial charge is 0.496 e. The molecule has 1 unspecified atom stereocenters. The summed E-state index contributed by atoms with van der Waals surface area (Å²) in [6, 6.07) is 15.1. The van der Waals surface area contributed by atoms with Crippen LogP contribution in [0.25, 0.3) is 0 Å². The third kappa shape index (κ3) is 4.02. The van der Waals surface area contributed by atoms with E-state index in [1.165, 1.54) is 21.6 Å². The summed E-state index contributed by atoms with van der Waals surface area (Å²) in [5.41, 5.74) is 4.01. The van der Waals surface area contributed by atoms with Crippen LogP contribution in [0.5, 0.6) is 5.75 Å². The molecule has 2 rings (SSSR count). The lowest BCUT2D eigenvalue weighted by Crippen LogP contribution is -2.19. The number of hydrogen-bond acceptors (Lipinski definition) is 3. The van der Waals surface area contributed by atoms with Gasteiger partial charge in [-0.2, -0.15) is 0 Å². The van der Waals surface area contributed by atoms with Crippen molar-refractivity contribution in [2.45, 2.75) is 24.8 Å². The normalized spacial score (nSPS) is 12.2. The topological polar surface area (TPSA) is 21.3 Å². The molecule has 0 fully saturated rings. The van der Waals surface area contributed by atoms with Gasteiger partial charge in [0.05, 0.1) is 7.11 Å². The molecule has 0 bridgehead atoms. The van der Waals surface area contributed by atoms with Gasteiger partial charge in [-0.05, 0) is 44.2 Å². The number of hydrogen-bond donors (Lipinski definition) is 1. The predicted octanol–water partition coefficient (Wildman–Crippen LogP) is 4.36. The van der Waals surface area contributed by atoms with E-state index in [1.807, 2.05) is 30.9 Å². The van der Waals surface area contributed by atoms with E-state index in [0.29, 0.717) is 6.04 Å². The average molecular weight is 301 g/mol. The molecular weight excluding hydrogens is 278 g/mol. The number of methoxy groups -OCH3 is 1. The highest BCUT2D eigenvalue weighted by molar-refractivity contribution is 7.99. The van der Waals surface area contributed by atoms with Crippen LogP contribution in [-0.2, 0) is 0 Å². The standard InChI is InChI=1S/C18H23NOS/c1-13-9-10-14(2)15(11-13)16(19-3)12-21-18-8-6-5-7-17(18)20-4/h5-11,16,19H,12H2,1-4H3. The Morgan fingerprint density at radius 1 is 1.14 bits per heavy atom. The smallest absolute Gasteiger partial charge is 0.132 e. The Bertz CT molecular complexity index is 598. The monoisotopic (exact) mass is 301 g/mol. The van der Waals surface area contributed by atoms with Gasteiger partial charge in [0.25, 0.3) is 0 Å². The second-order valence-corrected chi connectivity index (χ2v) is 6.23. The van der Waals surface area contributed by atoms with E-state index in [-0.39, 0.29) is 0 Å². The third-order valence-electron chi connectivity index (χ3n) is 3.63. The predicted molar refractivity (Wildman–Crippen MR) is 91.4 cm³/mol. The van der Waals surface area contributed by atoms with Crippen molar-refractivity contribution in [2.24, 2.45) is 0 Å². The van der Waals surface area contributed by atoms with Crippen molar-refractivity contribution in [3.63, 3.8) is 0 Å². The fraction of sp³-hybridized carbons (Fsp3) is 0.333. The summed E-state index contributed by atoms with van der Waals surface area (Å²) >= 11 is 1.83. The van der Waals surface area contributed by atoms with E-state index in [9.17, 15) is 0 Å². The number of thioether (sulfide) groups is 1. The molecule has 2 aromatic carbocycles. The van der Waals surface area contributed by atoms with Gasteiger partial charge in [0.2, 0.25) is 0 Å². The highest BCUT2D eigenvalue weighted by Gasteiger charge is 2.13. The molecule has 0 radical (unpaired) electrons. The first-order chi connectivity index (χ1) is 10.2. The minimum absolute atomic E-state index is 0.333. The number of benzene rings is 2. The number of para-hydroxylation sites is 1. The molecule has 0 heterocycles. The zero-order valence-electron chi connectivity index (χ0n) is 13.1. The van der Waals surface area contributed by atoms with Gasteiger partial charge in [-0.3, -0.25) is 0 Å². The fourth-order valence-electron chi connectivity index (χ4n) is 2.38. The van der Waals surface area contributed by atoms with E-state index in [2.05, 4.69) is 49.5 Å². The summed E-state index contributed by atoms with van der Waals surface area (Å²) in [6.45, 7) is 4.32.